The summed E-state index contributed by atoms with van der Waals surface area (Å²) in [4.78, 5) is 28.7. The summed E-state index contributed by atoms with van der Waals surface area (Å²) >= 11 is 1.46. The van der Waals surface area contributed by atoms with Gasteiger partial charge in [0.25, 0.3) is 16.0 Å². The lowest BCUT2D eigenvalue weighted by Gasteiger charge is -2.38. The first kappa shape index (κ1) is 29.4. The molecule has 43 heavy (non-hydrogen) atoms. The molecule has 2 aliphatic heterocycles. The predicted octanol–water partition coefficient (Wildman–Crippen LogP) is 3.48. The fraction of sp³-hybridized carbons (Fsp3) is 0.379. The number of fused-ring (bicyclic) bond motifs is 1. The van der Waals surface area contributed by atoms with E-state index >= 15 is 0 Å². The first-order chi connectivity index (χ1) is 20.5. The van der Waals surface area contributed by atoms with Crippen molar-refractivity contribution in [2.45, 2.75) is 30.7 Å². The Hall–Kier alpha value is -3.69. The van der Waals surface area contributed by atoms with E-state index in [0.29, 0.717) is 49.1 Å². The fourth-order valence-electron chi connectivity index (χ4n) is 5.79. The standard InChI is InChI=1S/C29H33N7O5S2/c1-19-4-5-24(43(38,39)40)20(16-19)18-29(2)26-21(27(37)36(29)11-10-35-12-14-41-15-13-35)17-23(42-26)22-6-8-30-28(32-22)33-25-7-9-31-34(25)3/h4-9,16-17H,10-15,18H2,1-3H3,(H,30,32,33)(H,38,39,40). The molecule has 1 saturated heterocycles. The molecule has 1 aromatic carbocycles. The van der Waals surface area contributed by atoms with E-state index in [4.69, 9.17) is 9.72 Å². The van der Waals surface area contributed by atoms with Gasteiger partial charge in [-0.25, -0.2) is 9.97 Å². The smallest absolute Gasteiger partial charge is 0.294 e. The SMILES string of the molecule is Cc1ccc(S(=O)(=O)O)c(CC2(C)c3sc(-c4ccnc(Nc5ccnn5C)n4)cc3C(=O)N2CCN2CCOCC2)c1. The number of morpholine rings is 1. The lowest BCUT2D eigenvalue weighted by molar-refractivity contribution is 0.0247. The summed E-state index contributed by atoms with van der Waals surface area (Å²) in [6.07, 6.45) is 3.55. The van der Waals surface area contributed by atoms with Gasteiger partial charge in [0.05, 0.1) is 46.0 Å². The Balaban J connectivity index is 1.38. The van der Waals surface area contributed by atoms with Gasteiger partial charge in [-0.2, -0.15) is 13.5 Å². The van der Waals surface area contributed by atoms with Gasteiger partial charge in [0.2, 0.25) is 5.95 Å². The summed E-state index contributed by atoms with van der Waals surface area (Å²) < 4.78 is 41.9. The average molecular weight is 624 g/mol. The molecule has 4 aromatic rings. The number of ether oxygens (including phenoxy) is 1. The summed E-state index contributed by atoms with van der Waals surface area (Å²) in [6, 6.07) is 10.3. The highest BCUT2D eigenvalue weighted by Gasteiger charge is 2.48. The number of anilines is 2. The van der Waals surface area contributed by atoms with Crippen LogP contribution in [-0.4, -0.2) is 87.8 Å². The van der Waals surface area contributed by atoms with E-state index in [-0.39, 0.29) is 17.2 Å². The molecule has 5 heterocycles. The average Bonchev–Trinajstić information content (AvgIpc) is 3.64. The number of carbonyl (C=O) groups is 1. The van der Waals surface area contributed by atoms with Crippen LogP contribution in [0, 0.1) is 6.92 Å². The zero-order chi connectivity index (χ0) is 30.4. The summed E-state index contributed by atoms with van der Waals surface area (Å²) in [6.45, 7) is 7.86. The lowest BCUT2D eigenvalue weighted by Crippen LogP contribution is -2.48. The molecule has 12 nitrogen and oxygen atoms in total. The number of aromatic nitrogens is 4. The molecule has 0 bridgehead atoms. The maximum absolute atomic E-state index is 14.1. The van der Waals surface area contributed by atoms with Crippen molar-refractivity contribution in [2.24, 2.45) is 7.05 Å². The van der Waals surface area contributed by atoms with Crippen LogP contribution in [0.25, 0.3) is 10.6 Å². The van der Waals surface area contributed by atoms with Gasteiger partial charge in [0, 0.05) is 56.8 Å². The Labute approximate surface area is 254 Å². The molecule has 1 unspecified atom stereocenters. The van der Waals surface area contributed by atoms with Gasteiger partial charge < -0.3 is 15.0 Å². The Morgan fingerprint density at radius 3 is 2.63 bits per heavy atom. The second-order valence-corrected chi connectivity index (χ2v) is 13.5. The summed E-state index contributed by atoms with van der Waals surface area (Å²) in [5.41, 5.74) is 1.68. The Morgan fingerprint density at radius 1 is 1.12 bits per heavy atom. The molecular formula is C29H33N7O5S2. The van der Waals surface area contributed by atoms with Gasteiger partial charge in [-0.15, -0.1) is 11.3 Å². The Bertz CT molecular complexity index is 1780. The van der Waals surface area contributed by atoms with E-state index in [9.17, 15) is 17.8 Å². The number of aryl methyl sites for hydroxylation is 2. The number of benzene rings is 1. The lowest BCUT2D eigenvalue weighted by atomic mass is 9.90. The molecule has 2 N–H and O–H groups in total. The first-order valence-electron chi connectivity index (χ1n) is 13.9. The van der Waals surface area contributed by atoms with Crippen molar-refractivity contribution in [2.75, 3.05) is 44.7 Å². The molecule has 14 heteroatoms. The number of carbonyl (C=O) groups excluding carboxylic acids is 1. The third kappa shape index (κ3) is 5.80. The van der Waals surface area contributed by atoms with Crippen molar-refractivity contribution < 1.29 is 22.5 Å². The van der Waals surface area contributed by atoms with E-state index < -0.39 is 15.7 Å². The number of amides is 1. The Morgan fingerprint density at radius 2 is 1.91 bits per heavy atom. The van der Waals surface area contributed by atoms with Crippen molar-refractivity contribution >= 4 is 39.1 Å². The van der Waals surface area contributed by atoms with Crippen molar-refractivity contribution in [1.29, 1.82) is 0 Å². The Kier molecular flexibility index (Phi) is 7.81. The molecule has 0 radical (unpaired) electrons. The van der Waals surface area contributed by atoms with Crippen LogP contribution in [0.5, 0.6) is 0 Å². The van der Waals surface area contributed by atoms with Crippen molar-refractivity contribution in [3.05, 3.63) is 70.4 Å². The molecule has 0 spiro atoms. The van der Waals surface area contributed by atoms with Crippen LogP contribution in [0.2, 0.25) is 0 Å². The normalized spacial score (nSPS) is 19.2. The minimum absolute atomic E-state index is 0.114. The molecule has 2 aliphatic rings. The fourth-order valence-corrected chi connectivity index (χ4v) is 7.77. The molecule has 226 valence electrons. The van der Waals surface area contributed by atoms with Crippen LogP contribution in [0.1, 0.15) is 33.3 Å². The van der Waals surface area contributed by atoms with Crippen LogP contribution in [0.3, 0.4) is 0 Å². The highest BCUT2D eigenvalue weighted by molar-refractivity contribution is 7.85. The molecule has 3 aromatic heterocycles. The number of thiophene rings is 1. The zero-order valence-corrected chi connectivity index (χ0v) is 25.8. The highest BCUT2D eigenvalue weighted by atomic mass is 32.2. The molecular weight excluding hydrogens is 590 g/mol. The largest absolute Gasteiger partial charge is 0.379 e. The maximum Gasteiger partial charge on any atom is 0.294 e. The third-order valence-electron chi connectivity index (χ3n) is 8.03. The number of rotatable bonds is 9. The number of nitrogens with one attached hydrogen (secondary N) is 1. The van der Waals surface area contributed by atoms with Gasteiger partial charge in [-0.1, -0.05) is 17.7 Å². The second kappa shape index (κ2) is 11.4. The molecule has 0 saturated carbocycles. The van der Waals surface area contributed by atoms with Crippen molar-refractivity contribution in [1.82, 2.24) is 29.5 Å². The van der Waals surface area contributed by atoms with Crippen LogP contribution in [-0.2, 0) is 33.9 Å². The topological polar surface area (TPSA) is 143 Å². The highest BCUT2D eigenvalue weighted by Crippen LogP contribution is 2.48. The van der Waals surface area contributed by atoms with E-state index in [1.807, 2.05) is 37.9 Å². The quantitative estimate of drug-likeness (QED) is 0.266. The predicted molar refractivity (Wildman–Crippen MR) is 162 cm³/mol. The number of hydrogen-bond acceptors (Lipinski definition) is 10. The van der Waals surface area contributed by atoms with E-state index in [0.717, 1.165) is 34.2 Å². The van der Waals surface area contributed by atoms with Gasteiger partial charge in [0.1, 0.15) is 5.82 Å². The van der Waals surface area contributed by atoms with Crippen LogP contribution in [0.4, 0.5) is 11.8 Å². The minimum atomic E-state index is -4.48. The monoisotopic (exact) mass is 623 g/mol. The molecule has 0 aliphatic carbocycles. The summed E-state index contributed by atoms with van der Waals surface area (Å²) in [7, 11) is -2.66. The van der Waals surface area contributed by atoms with E-state index in [1.54, 1.807) is 35.3 Å². The summed E-state index contributed by atoms with van der Waals surface area (Å²) in [5.74, 6) is 1.02. The summed E-state index contributed by atoms with van der Waals surface area (Å²) in [5, 5.41) is 7.32. The molecule has 1 fully saturated rings. The third-order valence-corrected chi connectivity index (χ3v) is 10.4. The van der Waals surface area contributed by atoms with Crippen LogP contribution < -0.4 is 5.32 Å². The van der Waals surface area contributed by atoms with E-state index in [2.05, 4.69) is 20.3 Å². The van der Waals surface area contributed by atoms with E-state index in [1.165, 1.54) is 17.4 Å². The van der Waals surface area contributed by atoms with Crippen molar-refractivity contribution in [3.8, 4) is 10.6 Å². The van der Waals surface area contributed by atoms with Gasteiger partial charge in [-0.3, -0.25) is 18.9 Å². The van der Waals surface area contributed by atoms with Crippen molar-refractivity contribution in [3.63, 3.8) is 0 Å². The van der Waals surface area contributed by atoms with Gasteiger partial charge >= 0.3 is 0 Å². The number of nitrogens with zero attached hydrogens (tertiary/aromatic N) is 6. The van der Waals surface area contributed by atoms with Gasteiger partial charge in [0.15, 0.2) is 0 Å². The maximum atomic E-state index is 14.1. The molecule has 6 rings (SSSR count). The van der Waals surface area contributed by atoms with Crippen LogP contribution in [0.15, 0.2) is 53.7 Å². The zero-order valence-electron chi connectivity index (χ0n) is 24.1. The molecule has 1 amide bonds. The van der Waals surface area contributed by atoms with Gasteiger partial charge in [-0.05, 0) is 37.6 Å². The van der Waals surface area contributed by atoms with Crippen LogP contribution >= 0.6 is 11.3 Å². The molecule has 1 atom stereocenters. The minimum Gasteiger partial charge on any atom is -0.379 e. The first-order valence-corrected chi connectivity index (χ1v) is 16.2. The number of hydrogen-bond donors (Lipinski definition) is 2. The second-order valence-electron chi connectivity index (χ2n) is 11.0.